The first kappa shape index (κ1) is 14.2. The Morgan fingerprint density at radius 3 is 2.84 bits per heavy atom. The van der Waals surface area contributed by atoms with Gasteiger partial charge in [0.2, 0.25) is 5.95 Å². The fourth-order valence-electron chi connectivity index (χ4n) is 1.36. The lowest BCUT2D eigenvalue weighted by Gasteiger charge is -2.06. The van der Waals surface area contributed by atoms with Gasteiger partial charge < -0.3 is 5.32 Å². The molecule has 19 heavy (non-hydrogen) atoms. The summed E-state index contributed by atoms with van der Waals surface area (Å²) < 4.78 is 5.21. The van der Waals surface area contributed by atoms with E-state index in [1.807, 2.05) is 13.1 Å². The van der Waals surface area contributed by atoms with Crippen LogP contribution in [0.15, 0.2) is 15.6 Å². The van der Waals surface area contributed by atoms with Crippen LogP contribution in [-0.2, 0) is 6.42 Å². The largest absolute Gasteiger partial charge is 0.354 e. The maximum atomic E-state index is 4.52. The summed E-state index contributed by atoms with van der Waals surface area (Å²) in [4.78, 5) is 13.2. The van der Waals surface area contributed by atoms with Gasteiger partial charge in [0, 0.05) is 24.7 Å². The Kier molecular flexibility index (Phi) is 5.09. The highest BCUT2D eigenvalue weighted by molar-refractivity contribution is 8.00. The van der Waals surface area contributed by atoms with Crippen molar-refractivity contribution in [3.05, 3.63) is 17.6 Å². The van der Waals surface area contributed by atoms with Gasteiger partial charge >= 0.3 is 0 Å². The molecule has 0 bridgehead atoms. The van der Waals surface area contributed by atoms with Crippen LogP contribution in [0.4, 0.5) is 5.95 Å². The van der Waals surface area contributed by atoms with Crippen LogP contribution in [0, 0.1) is 6.92 Å². The van der Waals surface area contributed by atoms with Crippen LogP contribution in [0.3, 0.4) is 0 Å². The van der Waals surface area contributed by atoms with Crippen LogP contribution in [-0.4, -0.2) is 25.9 Å². The third-order valence-corrected chi connectivity index (χ3v) is 4.30. The molecule has 102 valence electrons. The second-order valence-electron chi connectivity index (χ2n) is 4.04. The molecule has 0 amide bonds. The minimum absolute atomic E-state index is 0.676. The lowest BCUT2D eigenvalue weighted by atomic mass is 10.4. The Morgan fingerprint density at radius 2 is 2.16 bits per heavy atom. The Bertz CT molecular complexity index is 541. The van der Waals surface area contributed by atoms with Crippen LogP contribution < -0.4 is 5.32 Å². The van der Waals surface area contributed by atoms with Crippen molar-refractivity contribution in [2.75, 3.05) is 11.9 Å². The molecule has 2 rings (SSSR count). The molecule has 0 saturated carbocycles. The molecule has 2 aromatic rings. The topological polar surface area (TPSA) is 63.6 Å². The first-order valence-corrected chi connectivity index (χ1v) is 7.89. The summed E-state index contributed by atoms with van der Waals surface area (Å²) in [5.41, 5.74) is 1.06. The molecule has 0 aliphatic carbocycles. The SMILES string of the molecule is CCCNc1ncc(C)c(Sc2nc(CC)ns2)n1. The predicted octanol–water partition coefficient (Wildman–Crippen LogP) is 3.17. The van der Waals surface area contributed by atoms with Crippen LogP contribution >= 0.6 is 23.3 Å². The van der Waals surface area contributed by atoms with Gasteiger partial charge in [-0.05, 0) is 36.6 Å². The summed E-state index contributed by atoms with van der Waals surface area (Å²) >= 11 is 2.97. The zero-order chi connectivity index (χ0) is 13.7. The van der Waals surface area contributed by atoms with Gasteiger partial charge in [0.05, 0.1) is 0 Å². The van der Waals surface area contributed by atoms with Crippen molar-refractivity contribution < 1.29 is 0 Å². The standard InChI is InChI=1S/C12H17N5S2/c1-4-6-13-11-14-7-8(3)10(16-11)18-12-15-9(5-2)17-19-12/h7H,4-6H2,1-3H3,(H,13,14,16). The third-order valence-electron chi connectivity index (χ3n) is 2.41. The van der Waals surface area contributed by atoms with E-state index in [1.54, 1.807) is 11.8 Å². The molecule has 0 fully saturated rings. The quantitative estimate of drug-likeness (QED) is 0.826. The normalized spacial score (nSPS) is 10.7. The van der Waals surface area contributed by atoms with Crippen LogP contribution in [0.5, 0.6) is 0 Å². The van der Waals surface area contributed by atoms with Crippen molar-refractivity contribution in [1.29, 1.82) is 0 Å². The molecule has 0 aliphatic rings. The van der Waals surface area contributed by atoms with Crippen molar-refractivity contribution in [1.82, 2.24) is 19.3 Å². The highest BCUT2D eigenvalue weighted by Gasteiger charge is 2.09. The fraction of sp³-hybridized carbons (Fsp3) is 0.500. The van der Waals surface area contributed by atoms with Gasteiger partial charge in [-0.2, -0.15) is 4.37 Å². The van der Waals surface area contributed by atoms with Crippen molar-refractivity contribution in [2.24, 2.45) is 0 Å². The van der Waals surface area contributed by atoms with Crippen LogP contribution in [0.25, 0.3) is 0 Å². The Morgan fingerprint density at radius 1 is 1.32 bits per heavy atom. The number of nitrogens with zero attached hydrogens (tertiary/aromatic N) is 4. The molecule has 1 N–H and O–H groups in total. The highest BCUT2D eigenvalue weighted by atomic mass is 32.2. The van der Waals surface area contributed by atoms with Crippen molar-refractivity contribution in [3.8, 4) is 0 Å². The first-order valence-electron chi connectivity index (χ1n) is 6.30. The van der Waals surface area contributed by atoms with Gasteiger partial charge in [0.25, 0.3) is 0 Å². The number of rotatable bonds is 6. The molecule has 7 heteroatoms. The van der Waals surface area contributed by atoms with E-state index in [2.05, 4.69) is 38.5 Å². The maximum Gasteiger partial charge on any atom is 0.223 e. The maximum absolute atomic E-state index is 4.52. The summed E-state index contributed by atoms with van der Waals surface area (Å²) in [6.07, 6.45) is 3.76. The van der Waals surface area contributed by atoms with Crippen molar-refractivity contribution in [2.45, 2.75) is 43.0 Å². The average molecular weight is 295 g/mol. The minimum atomic E-state index is 0.676. The fourth-order valence-corrected chi connectivity index (χ4v) is 3.02. The number of aromatic nitrogens is 4. The molecule has 0 spiro atoms. The number of hydrogen-bond acceptors (Lipinski definition) is 7. The zero-order valence-electron chi connectivity index (χ0n) is 11.3. The molecule has 2 aromatic heterocycles. The molecular formula is C12H17N5S2. The molecule has 0 unspecified atom stereocenters. The molecule has 2 heterocycles. The van der Waals surface area contributed by atoms with Gasteiger partial charge in [0.1, 0.15) is 10.9 Å². The van der Waals surface area contributed by atoms with Crippen LogP contribution in [0.1, 0.15) is 31.7 Å². The second kappa shape index (κ2) is 6.81. The van der Waals surface area contributed by atoms with E-state index in [9.17, 15) is 0 Å². The van der Waals surface area contributed by atoms with E-state index >= 15 is 0 Å². The number of nitrogens with one attached hydrogen (secondary N) is 1. The van der Waals surface area contributed by atoms with Crippen LogP contribution in [0.2, 0.25) is 0 Å². The second-order valence-corrected chi connectivity index (χ2v) is 6.03. The summed E-state index contributed by atoms with van der Waals surface area (Å²) in [7, 11) is 0. The van der Waals surface area contributed by atoms with Gasteiger partial charge in [-0.1, -0.05) is 13.8 Å². The predicted molar refractivity (Wildman–Crippen MR) is 79.0 cm³/mol. The Hall–Kier alpha value is -1.21. The van der Waals surface area contributed by atoms with Crippen molar-refractivity contribution in [3.63, 3.8) is 0 Å². The van der Waals surface area contributed by atoms with E-state index in [-0.39, 0.29) is 0 Å². The van der Waals surface area contributed by atoms with E-state index in [0.29, 0.717) is 5.95 Å². The Balaban J connectivity index is 2.13. The third kappa shape index (κ3) is 3.87. The molecular weight excluding hydrogens is 278 g/mol. The first-order chi connectivity index (χ1) is 9.22. The molecule has 0 aliphatic heterocycles. The number of aryl methyl sites for hydroxylation is 2. The lowest BCUT2D eigenvalue weighted by Crippen LogP contribution is -2.05. The lowest BCUT2D eigenvalue weighted by molar-refractivity contribution is 0.924. The molecule has 0 aromatic carbocycles. The minimum Gasteiger partial charge on any atom is -0.354 e. The van der Waals surface area contributed by atoms with E-state index in [4.69, 9.17) is 0 Å². The average Bonchev–Trinajstić information content (AvgIpc) is 2.87. The summed E-state index contributed by atoms with van der Waals surface area (Å²) in [6.45, 7) is 7.06. The Labute approximate surface area is 121 Å². The monoisotopic (exact) mass is 295 g/mol. The van der Waals surface area contributed by atoms with E-state index < -0.39 is 0 Å². The van der Waals surface area contributed by atoms with E-state index in [1.165, 1.54) is 11.5 Å². The van der Waals surface area contributed by atoms with Gasteiger partial charge in [-0.3, -0.25) is 0 Å². The van der Waals surface area contributed by atoms with Gasteiger partial charge in [0.15, 0.2) is 4.34 Å². The van der Waals surface area contributed by atoms with Gasteiger partial charge in [-0.25, -0.2) is 15.0 Å². The summed E-state index contributed by atoms with van der Waals surface area (Å²) in [5, 5.41) is 4.13. The summed E-state index contributed by atoms with van der Waals surface area (Å²) in [5.74, 6) is 1.57. The summed E-state index contributed by atoms with van der Waals surface area (Å²) in [6, 6.07) is 0. The zero-order valence-corrected chi connectivity index (χ0v) is 12.9. The molecule has 0 atom stereocenters. The van der Waals surface area contributed by atoms with Gasteiger partial charge in [-0.15, -0.1) is 0 Å². The smallest absolute Gasteiger partial charge is 0.223 e. The highest BCUT2D eigenvalue weighted by Crippen LogP contribution is 2.30. The van der Waals surface area contributed by atoms with Crippen molar-refractivity contribution >= 4 is 29.2 Å². The van der Waals surface area contributed by atoms with E-state index in [0.717, 1.165) is 40.1 Å². The number of hydrogen-bond donors (Lipinski definition) is 1. The molecule has 0 radical (unpaired) electrons. The number of anilines is 1. The molecule has 0 saturated heterocycles. The molecule has 5 nitrogen and oxygen atoms in total.